The second-order valence-corrected chi connectivity index (χ2v) is 5.36. The van der Waals surface area contributed by atoms with Crippen LogP contribution in [0.4, 0.5) is 0 Å². The van der Waals surface area contributed by atoms with E-state index >= 15 is 0 Å². The molecule has 108 valence electrons. The van der Waals surface area contributed by atoms with Crippen LogP contribution in [-0.2, 0) is 14.3 Å². The molecular formula is C17H22O3. The van der Waals surface area contributed by atoms with Gasteiger partial charge in [0.15, 0.2) is 0 Å². The van der Waals surface area contributed by atoms with E-state index in [1.54, 1.807) is 6.92 Å². The summed E-state index contributed by atoms with van der Waals surface area (Å²) in [5, 5.41) is 0. The van der Waals surface area contributed by atoms with Gasteiger partial charge in [-0.3, -0.25) is 9.59 Å². The molecule has 3 heteroatoms. The van der Waals surface area contributed by atoms with Crippen LogP contribution in [0.2, 0.25) is 0 Å². The normalized spacial score (nSPS) is 23.1. The average molecular weight is 274 g/mol. The van der Waals surface area contributed by atoms with E-state index in [0.717, 1.165) is 31.2 Å². The lowest BCUT2D eigenvalue weighted by Crippen LogP contribution is -2.23. The van der Waals surface area contributed by atoms with Crippen LogP contribution < -0.4 is 0 Å². The Hall–Kier alpha value is -1.64. The standard InChI is InChI=1S/C17H22O3/c1-2-20-16(18)12-14-10-6-7-11-15(17(14)19)13-8-4-3-5-9-13/h3-5,8-9,14-15H,2,6-7,10-12H2,1H3. The Labute approximate surface area is 120 Å². The molecular weight excluding hydrogens is 252 g/mol. The molecule has 20 heavy (non-hydrogen) atoms. The van der Waals surface area contributed by atoms with Gasteiger partial charge in [-0.2, -0.15) is 0 Å². The van der Waals surface area contributed by atoms with Crippen molar-refractivity contribution >= 4 is 11.8 Å². The smallest absolute Gasteiger partial charge is 0.306 e. The van der Waals surface area contributed by atoms with E-state index in [9.17, 15) is 9.59 Å². The molecule has 0 amide bonds. The Kier molecular flexibility index (Phi) is 5.33. The number of Topliss-reactive ketones (excluding diaryl/α,β-unsaturated/α-hetero) is 1. The molecule has 0 saturated heterocycles. The maximum absolute atomic E-state index is 12.7. The van der Waals surface area contributed by atoms with Gasteiger partial charge in [0.25, 0.3) is 0 Å². The number of carbonyl (C=O) groups is 2. The predicted molar refractivity (Wildman–Crippen MR) is 77.4 cm³/mol. The zero-order valence-corrected chi connectivity index (χ0v) is 12.0. The number of ketones is 1. The van der Waals surface area contributed by atoms with E-state index in [4.69, 9.17) is 4.74 Å². The lowest BCUT2D eigenvalue weighted by molar-refractivity contribution is -0.146. The summed E-state index contributed by atoms with van der Waals surface area (Å²) in [6.45, 7) is 2.17. The molecule has 1 aliphatic rings. The highest BCUT2D eigenvalue weighted by atomic mass is 16.5. The summed E-state index contributed by atoms with van der Waals surface area (Å²) >= 11 is 0. The Balaban J connectivity index is 2.10. The van der Waals surface area contributed by atoms with Gasteiger partial charge in [-0.25, -0.2) is 0 Å². The fourth-order valence-corrected chi connectivity index (χ4v) is 2.95. The van der Waals surface area contributed by atoms with Crippen molar-refractivity contribution in [3.63, 3.8) is 0 Å². The molecule has 2 unspecified atom stereocenters. The van der Waals surface area contributed by atoms with Crippen molar-refractivity contribution in [3.05, 3.63) is 35.9 Å². The van der Waals surface area contributed by atoms with Gasteiger partial charge >= 0.3 is 5.97 Å². The SMILES string of the molecule is CCOC(=O)CC1CCCCC(c2ccccc2)C1=O. The predicted octanol–water partition coefficient (Wildman–Crippen LogP) is 3.48. The quantitative estimate of drug-likeness (QED) is 0.623. The van der Waals surface area contributed by atoms with Gasteiger partial charge in [0.05, 0.1) is 13.0 Å². The van der Waals surface area contributed by atoms with Crippen LogP contribution >= 0.6 is 0 Å². The van der Waals surface area contributed by atoms with Gasteiger partial charge < -0.3 is 4.74 Å². The first kappa shape index (κ1) is 14.8. The van der Waals surface area contributed by atoms with Gasteiger partial charge in [-0.1, -0.05) is 43.2 Å². The van der Waals surface area contributed by atoms with Crippen molar-refractivity contribution in [1.82, 2.24) is 0 Å². The second kappa shape index (κ2) is 7.22. The average Bonchev–Trinajstić information content (AvgIpc) is 2.63. The van der Waals surface area contributed by atoms with Gasteiger partial charge in [0.2, 0.25) is 0 Å². The molecule has 0 spiro atoms. The molecule has 0 aromatic heterocycles. The van der Waals surface area contributed by atoms with E-state index in [2.05, 4.69) is 0 Å². The Bertz CT molecular complexity index is 453. The first-order valence-electron chi connectivity index (χ1n) is 7.46. The highest BCUT2D eigenvalue weighted by molar-refractivity contribution is 5.90. The Morgan fingerprint density at radius 2 is 1.90 bits per heavy atom. The van der Waals surface area contributed by atoms with Gasteiger partial charge in [-0.05, 0) is 25.3 Å². The molecule has 0 bridgehead atoms. The van der Waals surface area contributed by atoms with Crippen molar-refractivity contribution in [2.45, 2.75) is 44.9 Å². The van der Waals surface area contributed by atoms with E-state index in [0.29, 0.717) is 6.61 Å². The van der Waals surface area contributed by atoms with Crippen molar-refractivity contribution in [1.29, 1.82) is 0 Å². The Morgan fingerprint density at radius 3 is 2.60 bits per heavy atom. The summed E-state index contributed by atoms with van der Waals surface area (Å²) in [6, 6.07) is 9.91. The number of carbonyl (C=O) groups excluding carboxylic acids is 2. The van der Waals surface area contributed by atoms with Crippen LogP contribution in [0.3, 0.4) is 0 Å². The summed E-state index contributed by atoms with van der Waals surface area (Å²) in [4.78, 5) is 24.3. The maximum Gasteiger partial charge on any atom is 0.306 e. The fourth-order valence-electron chi connectivity index (χ4n) is 2.95. The maximum atomic E-state index is 12.7. The number of rotatable bonds is 4. The Morgan fingerprint density at radius 1 is 1.20 bits per heavy atom. The third-order valence-corrected chi connectivity index (χ3v) is 3.96. The highest BCUT2D eigenvalue weighted by Gasteiger charge is 2.31. The summed E-state index contributed by atoms with van der Waals surface area (Å²) in [6.07, 6.45) is 3.99. The van der Waals surface area contributed by atoms with Crippen molar-refractivity contribution in [3.8, 4) is 0 Å². The number of ether oxygens (including phenoxy) is 1. The van der Waals surface area contributed by atoms with Gasteiger partial charge in [0.1, 0.15) is 5.78 Å². The number of hydrogen-bond donors (Lipinski definition) is 0. The molecule has 0 N–H and O–H groups in total. The zero-order valence-electron chi connectivity index (χ0n) is 12.0. The largest absolute Gasteiger partial charge is 0.466 e. The van der Waals surface area contributed by atoms with E-state index in [1.165, 1.54) is 0 Å². The minimum atomic E-state index is -0.250. The third kappa shape index (κ3) is 3.69. The topological polar surface area (TPSA) is 43.4 Å². The van der Waals surface area contributed by atoms with Crippen LogP contribution in [0, 0.1) is 5.92 Å². The van der Waals surface area contributed by atoms with Crippen LogP contribution in [0.1, 0.15) is 50.5 Å². The summed E-state index contributed by atoms with van der Waals surface area (Å²) in [5.74, 6) is -0.277. The fraction of sp³-hybridized carbons (Fsp3) is 0.529. The van der Waals surface area contributed by atoms with E-state index in [1.807, 2.05) is 30.3 Å². The molecule has 2 rings (SSSR count). The van der Waals surface area contributed by atoms with Crippen LogP contribution in [0.25, 0.3) is 0 Å². The van der Waals surface area contributed by atoms with Crippen LogP contribution in [0.15, 0.2) is 30.3 Å². The minimum Gasteiger partial charge on any atom is -0.466 e. The van der Waals surface area contributed by atoms with E-state index < -0.39 is 0 Å². The van der Waals surface area contributed by atoms with Crippen molar-refractivity contribution in [2.24, 2.45) is 5.92 Å². The number of benzene rings is 1. The molecule has 1 fully saturated rings. The van der Waals surface area contributed by atoms with Gasteiger partial charge in [-0.15, -0.1) is 0 Å². The molecule has 1 aliphatic carbocycles. The first-order chi connectivity index (χ1) is 9.72. The van der Waals surface area contributed by atoms with Crippen LogP contribution in [0.5, 0.6) is 0 Å². The summed E-state index contributed by atoms with van der Waals surface area (Å²) in [5.41, 5.74) is 1.08. The highest BCUT2D eigenvalue weighted by Crippen LogP contribution is 2.33. The zero-order chi connectivity index (χ0) is 14.4. The number of esters is 1. The first-order valence-corrected chi connectivity index (χ1v) is 7.46. The molecule has 2 atom stereocenters. The minimum absolute atomic E-state index is 0.0573. The van der Waals surface area contributed by atoms with E-state index in [-0.39, 0.29) is 30.0 Å². The molecule has 1 saturated carbocycles. The van der Waals surface area contributed by atoms with Gasteiger partial charge in [0, 0.05) is 11.8 Å². The monoisotopic (exact) mass is 274 g/mol. The lowest BCUT2D eigenvalue weighted by Gasteiger charge is -2.18. The molecule has 0 heterocycles. The summed E-state index contributed by atoms with van der Waals surface area (Å²) < 4.78 is 4.98. The molecule has 3 nitrogen and oxygen atoms in total. The van der Waals surface area contributed by atoms with Crippen LogP contribution in [-0.4, -0.2) is 18.4 Å². The molecule has 1 aromatic rings. The second-order valence-electron chi connectivity index (χ2n) is 5.36. The van der Waals surface area contributed by atoms with Crippen molar-refractivity contribution in [2.75, 3.05) is 6.61 Å². The molecule has 1 aromatic carbocycles. The lowest BCUT2D eigenvalue weighted by atomic mass is 9.85. The summed E-state index contributed by atoms with van der Waals surface area (Å²) in [7, 11) is 0. The van der Waals surface area contributed by atoms with Crippen molar-refractivity contribution < 1.29 is 14.3 Å². The molecule has 0 aliphatic heterocycles. The third-order valence-electron chi connectivity index (χ3n) is 3.96. The molecule has 0 radical (unpaired) electrons. The number of hydrogen-bond acceptors (Lipinski definition) is 3.